The normalized spacial score (nSPS) is 16.6. The summed E-state index contributed by atoms with van der Waals surface area (Å²) in [5, 5.41) is 8.98. The number of nitrogens with zero attached hydrogens (tertiary/aromatic N) is 2. The van der Waals surface area contributed by atoms with E-state index < -0.39 is 0 Å². The van der Waals surface area contributed by atoms with Gasteiger partial charge >= 0.3 is 0 Å². The zero-order valence-corrected chi connectivity index (χ0v) is 11.4. The molecular weight excluding hydrogens is 220 g/mol. The van der Waals surface area contributed by atoms with Crippen LogP contribution in [-0.2, 0) is 12.8 Å². The molecule has 0 N–H and O–H groups in total. The highest BCUT2D eigenvalue weighted by molar-refractivity contribution is 5.60. The van der Waals surface area contributed by atoms with Crippen LogP contribution in [0.3, 0.4) is 0 Å². The SMILES string of the molecule is CCc1cccc(CC)c1N1CCC(C#N)CC1. The van der Waals surface area contributed by atoms with Crippen LogP contribution >= 0.6 is 0 Å². The van der Waals surface area contributed by atoms with Gasteiger partial charge in [0.05, 0.1) is 6.07 Å². The lowest BCUT2D eigenvalue weighted by atomic mass is 9.95. The molecule has 2 rings (SSSR count). The monoisotopic (exact) mass is 242 g/mol. The molecule has 1 heterocycles. The second kappa shape index (κ2) is 5.91. The number of piperidine rings is 1. The lowest BCUT2D eigenvalue weighted by Gasteiger charge is -2.34. The maximum Gasteiger partial charge on any atom is 0.0657 e. The number of para-hydroxylation sites is 1. The van der Waals surface area contributed by atoms with Crippen molar-refractivity contribution in [1.82, 2.24) is 0 Å². The van der Waals surface area contributed by atoms with E-state index in [-0.39, 0.29) is 5.92 Å². The molecule has 0 saturated carbocycles. The molecule has 1 aromatic rings. The van der Waals surface area contributed by atoms with Crippen molar-refractivity contribution in [3.8, 4) is 6.07 Å². The van der Waals surface area contributed by atoms with Gasteiger partial charge in [0, 0.05) is 24.7 Å². The van der Waals surface area contributed by atoms with Gasteiger partial charge < -0.3 is 4.90 Å². The number of benzene rings is 1. The van der Waals surface area contributed by atoms with Crippen molar-refractivity contribution in [2.75, 3.05) is 18.0 Å². The van der Waals surface area contributed by atoms with Gasteiger partial charge in [0.15, 0.2) is 0 Å². The maximum atomic E-state index is 8.98. The molecule has 0 unspecified atom stereocenters. The minimum atomic E-state index is 0.264. The van der Waals surface area contributed by atoms with Gasteiger partial charge in [-0.25, -0.2) is 0 Å². The standard InChI is InChI=1S/C16H22N2/c1-3-14-6-5-7-15(4-2)16(14)18-10-8-13(12-17)9-11-18/h5-7,13H,3-4,8-11H2,1-2H3. The Hall–Kier alpha value is -1.49. The highest BCUT2D eigenvalue weighted by atomic mass is 15.1. The van der Waals surface area contributed by atoms with Crippen molar-refractivity contribution in [2.45, 2.75) is 39.5 Å². The molecule has 2 heteroatoms. The summed E-state index contributed by atoms with van der Waals surface area (Å²) in [6, 6.07) is 9.06. The molecule has 0 spiro atoms. The number of nitriles is 1. The third-order valence-corrected chi connectivity index (χ3v) is 3.96. The van der Waals surface area contributed by atoms with Crippen molar-refractivity contribution in [3.63, 3.8) is 0 Å². The fraction of sp³-hybridized carbons (Fsp3) is 0.562. The Morgan fingerprint density at radius 2 is 1.72 bits per heavy atom. The van der Waals surface area contributed by atoms with Crippen LogP contribution in [0.15, 0.2) is 18.2 Å². The second-order valence-corrected chi connectivity index (χ2v) is 5.02. The van der Waals surface area contributed by atoms with Crippen LogP contribution in [0.25, 0.3) is 0 Å². The summed E-state index contributed by atoms with van der Waals surface area (Å²) in [5.41, 5.74) is 4.34. The summed E-state index contributed by atoms with van der Waals surface area (Å²) in [7, 11) is 0. The van der Waals surface area contributed by atoms with E-state index in [9.17, 15) is 0 Å². The number of hydrogen-bond acceptors (Lipinski definition) is 2. The first-order valence-electron chi connectivity index (χ1n) is 7.05. The third kappa shape index (κ3) is 2.51. The van der Waals surface area contributed by atoms with Crippen molar-refractivity contribution in [1.29, 1.82) is 5.26 Å². The minimum absolute atomic E-state index is 0.264. The Labute approximate surface area is 110 Å². The van der Waals surface area contributed by atoms with Crippen LogP contribution in [0.1, 0.15) is 37.8 Å². The Balaban J connectivity index is 2.25. The van der Waals surface area contributed by atoms with Gasteiger partial charge in [-0.1, -0.05) is 32.0 Å². The molecule has 1 aliphatic rings. The summed E-state index contributed by atoms with van der Waals surface area (Å²) < 4.78 is 0. The molecule has 0 radical (unpaired) electrons. The van der Waals surface area contributed by atoms with Gasteiger partial charge in [-0.3, -0.25) is 0 Å². The third-order valence-electron chi connectivity index (χ3n) is 3.96. The van der Waals surface area contributed by atoms with Gasteiger partial charge in [0.1, 0.15) is 0 Å². The highest BCUT2D eigenvalue weighted by Gasteiger charge is 2.21. The van der Waals surface area contributed by atoms with E-state index >= 15 is 0 Å². The van der Waals surface area contributed by atoms with Gasteiger partial charge in [-0.15, -0.1) is 0 Å². The number of aryl methyl sites for hydroxylation is 2. The predicted molar refractivity (Wildman–Crippen MR) is 75.7 cm³/mol. The molecule has 0 amide bonds. The molecule has 0 aliphatic carbocycles. The topological polar surface area (TPSA) is 27.0 Å². The van der Waals surface area contributed by atoms with Gasteiger partial charge in [-0.05, 0) is 36.8 Å². The van der Waals surface area contributed by atoms with E-state index in [1.807, 2.05) is 0 Å². The number of rotatable bonds is 3. The first-order valence-corrected chi connectivity index (χ1v) is 7.05. The zero-order valence-electron chi connectivity index (χ0n) is 11.4. The Morgan fingerprint density at radius 1 is 1.17 bits per heavy atom. The van der Waals surface area contributed by atoms with Gasteiger partial charge in [0.2, 0.25) is 0 Å². The number of anilines is 1. The lowest BCUT2D eigenvalue weighted by Crippen LogP contribution is -2.34. The summed E-state index contributed by atoms with van der Waals surface area (Å²) in [4.78, 5) is 2.49. The van der Waals surface area contributed by atoms with Crippen LogP contribution in [0.4, 0.5) is 5.69 Å². The smallest absolute Gasteiger partial charge is 0.0657 e. The molecule has 1 aliphatic heterocycles. The van der Waals surface area contributed by atoms with Crippen molar-refractivity contribution < 1.29 is 0 Å². The van der Waals surface area contributed by atoms with Gasteiger partial charge in [-0.2, -0.15) is 5.26 Å². The van der Waals surface area contributed by atoms with Crippen LogP contribution in [-0.4, -0.2) is 13.1 Å². The van der Waals surface area contributed by atoms with Crippen molar-refractivity contribution in [3.05, 3.63) is 29.3 Å². The lowest BCUT2D eigenvalue weighted by molar-refractivity contribution is 0.486. The van der Waals surface area contributed by atoms with E-state index in [1.165, 1.54) is 16.8 Å². The molecule has 0 bridgehead atoms. The van der Waals surface area contributed by atoms with Crippen molar-refractivity contribution >= 4 is 5.69 Å². The largest absolute Gasteiger partial charge is 0.371 e. The van der Waals surface area contributed by atoms with Gasteiger partial charge in [0.25, 0.3) is 0 Å². The predicted octanol–water partition coefficient (Wildman–Crippen LogP) is 3.55. The summed E-state index contributed by atoms with van der Waals surface area (Å²) in [5.74, 6) is 0.264. The molecule has 2 nitrogen and oxygen atoms in total. The van der Waals surface area contributed by atoms with E-state index in [2.05, 4.69) is 43.0 Å². The summed E-state index contributed by atoms with van der Waals surface area (Å²) >= 11 is 0. The molecule has 96 valence electrons. The van der Waals surface area contributed by atoms with Crippen LogP contribution in [0.2, 0.25) is 0 Å². The van der Waals surface area contributed by atoms with Crippen LogP contribution in [0, 0.1) is 17.2 Å². The fourth-order valence-corrected chi connectivity index (χ4v) is 2.85. The zero-order chi connectivity index (χ0) is 13.0. The summed E-state index contributed by atoms with van der Waals surface area (Å²) in [6.07, 6.45) is 4.19. The van der Waals surface area contributed by atoms with E-state index in [4.69, 9.17) is 5.26 Å². The molecular formula is C16H22N2. The highest BCUT2D eigenvalue weighted by Crippen LogP contribution is 2.30. The molecule has 1 aromatic carbocycles. The first kappa shape index (κ1) is 13.0. The fourth-order valence-electron chi connectivity index (χ4n) is 2.85. The van der Waals surface area contributed by atoms with Crippen LogP contribution < -0.4 is 4.90 Å². The Bertz CT molecular complexity index is 415. The number of hydrogen-bond donors (Lipinski definition) is 0. The first-order chi connectivity index (χ1) is 8.80. The Kier molecular flexibility index (Phi) is 4.25. The van der Waals surface area contributed by atoms with Crippen molar-refractivity contribution in [2.24, 2.45) is 5.92 Å². The van der Waals surface area contributed by atoms with E-state index in [0.717, 1.165) is 38.8 Å². The molecule has 0 aromatic heterocycles. The minimum Gasteiger partial charge on any atom is -0.371 e. The maximum absolute atomic E-state index is 8.98. The van der Waals surface area contributed by atoms with E-state index in [1.54, 1.807) is 0 Å². The Morgan fingerprint density at radius 3 is 2.17 bits per heavy atom. The quantitative estimate of drug-likeness (QED) is 0.810. The molecule has 0 atom stereocenters. The molecule has 1 saturated heterocycles. The molecule has 1 fully saturated rings. The van der Waals surface area contributed by atoms with E-state index in [0.29, 0.717) is 0 Å². The second-order valence-electron chi connectivity index (χ2n) is 5.02. The van der Waals surface area contributed by atoms with Crippen LogP contribution in [0.5, 0.6) is 0 Å². The molecule has 18 heavy (non-hydrogen) atoms. The summed E-state index contributed by atoms with van der Waals surface area (Å²) in [6.45, 7) is 6.51. The average Bonchev–Trinajstić information content (AvgIpc) is 2.46. The average molecular weight is 242 g/mol.